The van der Waals surface area contributed by atoms with Crippen LogP contribution in [0.5, 0.6) is 0 Å². The molecule has 108 valence electrons. The number of carbonyl (C=O) groups is 1. The fourth-order valence-electron chi connectivity index (χ4n) is 0.790. The molecule has 0 radical (unpaired) electrons. The van der Waals surface area contributed by atoms with E-state index in [0.29, 0.717) is 0 Å². The van der Waals surface area contributed by atoms with E-state index in [-0.39, 0.29) is 0 Å². The Morgan fingerprint density at radius 2 is 1.22 bits per heavy atom. The van der Waals surface area contributed by atoms with Gasteiger partial charge in [0.1, 0.15) is 0 Å². The molecule has 0 aliphatic heterocycles. The molecule has 0 rings (SSSR count). The highest BCUT2D eigenvalue weighted by molar-refractivity contribution is 5.92. The largest absolute Gasteiger partial charge is 0.456 e. The Morgan fingerprint density at radius 1 is 0.889 bits per heavy atom. The summed E-state index contributed by atoms with van der Waals surface area (Å²) in [4.78, 5) is 10.0. The lowest BCUT2D eigenvalue weighted by molar-refractivity contribution is -0.359. The van der Waals surface area contributed by atoms with Gasteiger partial charge in [-0.15, -0.1) is 0 Å². The number of carbonyl (C=O) groups excluding carboxylic acids is 1. The zero-order chi connectivity index (χ0) is 15.2. The van der Waals surface area contributed by atoms with Crippen molar-refractivity contribution in [2.24, 2.45) is 0 Å². The number of hydrogen-bond donors (Lipinski definition) is 1. The SMILES string of the molecule is O=C(C(F)(F)F)C(F)(F)C(O)(C(F)F)C(F)(F)F. The molecule has 0 aromatic carbocycles. The Hall–Kier alpha value is -1.07. The molecule has 0 aliphatic carbocycles. The fraction of sp³-hybridized carbons (Fsp3) is 0.833. The van der Waals surface area contributed by atoms with E-state index in [1.54, 1.807) is 0 Å². The Balaban J connectivity index is 5.88. The molecule has 0 amide bonds. The van der Waals surface area contributed by atoms with Crippen LogP contribution in [0.15, 0.2) is 0 Å². The average Bonchev–Trinajstić information content (AvgIpc) is 2.11. The Labute approximate surface area is 91.2 Å². The summed E-state index contributed by atoms with van der Waals surface area (Å²) in [5.74, 6) is -11.2. The molecule has 0 spiro atoms. The first-order valence-electron chi connectivity index (χ1n) is 3.66. The van der Waals surface area contributed by atoms with Crippen LogP contribution in [0.3, 0.4) is 0 Å². The second-order valence-corrected chi connectivity index (χ2v) is 2.97. The van der Waals surface area contributed by atoms with Crippen molar-refractivity contribution >= 4 is 5.78 Å². The molecule has 0 aromatic rings. The number of ketones is 1. The number of Topliss-reactive ketones (excluding diaryl/α,β-unsaturated/α-hetero) is 1. The summed E-state index contributed by atoms with van der Waals surface area (Å²) in [6, 6.07) is 0. The topological polar surface area (TPSA) is 37.3 Å². The van der Waals surface area contributed by atoms with Crippen LogP contribution in [-0.4, -0.2) is 41.2 Å². The lowest BCUT2D eigenvalue weighted by atomic mass is 9.91. The van der Waals surface area contributed by atoms with Crippen molar-refractivity contribution in [3.05, 3.63) is 0 Å². The van der Waals surface area contributed by atoms with Crippen molar-refractivity contribution in [3.63, 3.8) is 0 Å². The van der Waals surface area contributed by atoms with Gasteiger partial charge in [0.2, 0.25) is 0 Å². The maximum absolute atomic E-state index is 12.6. The molecule has 1 unspecified atom stereocenters. The zero-order valence-corrected chi connectivity index (χ0v) is 7.71. The molecule has 18 heavy (non-hydrogen) atoms. The summed E-state index contributed by atoms with van der Waals surface area (Å²) < 4.78 is 119. The normalized spacial score (nSPS) is 17.8. The van der Waals surface area contributed by atoms with Crippen molar-refractivity contribution < 1.29 is 53.8 Å². The van der Waals surface area contributed by atoms with E-state index in [4.69, 9.17) is 5.11 Å². The van der Waals surface area contributed by atoms with Crippen LogP contribution in [0.2, 0.25) is 0 Å². The van der Waals surface area contributed by atoms with Gasteiger partial charge < -0.3 is 5.11 Å². The highest BCUT2D eigenvalue weighted by Crippen LogP contribution is 2.48. The molecule has 0 aliphatic rings. The lowest BCUT2D eigenvalue weighted by Crippen LogP contribution is -2.68. The molecule has 1 atom stereocenters. The van der Waals surface area contributed by atoms with Gasteiger partial charge in [-0.1, -0.05) is 0 Å². The van der Waals surface area contributed by atoms with E-state index in [9.17, 15) is 48.7 Å². The number of hydrogen-bond acceptors (Lipinski definition) is 2. The third-order valence-corrected chi connectivity index (χ3v) is 1.77. The second kappa shape index (κ2) is 4.24. The molecule has 0 fully saturated rings. The molecule has 2 nitrogen and oxygen atoms in total. The quantitative estimate of drug-likeness (QED) is 0.812. The lowest BCUT2D eigenvalue weighted by Gasteiger charge is -2.35. The number of alkyl halides is 10. The van der Waals surface area contributed by atoms with Crippen LogP contribution in [0.1, 0.15) is 0 Å². The van der Waals surface area contributed by atoms with Gasteiger partial charge in [-0.05, 0) is 0 Å². The van der Waals surface area contributed by atoms with E-state index in [0.717, 1.165) is 0 Å². The van der Waals surface area contributed by atoms with Crippen LogP contribution >= 0.6 is 0 Å². The van der Waals surface area contributed by atoms with Crippen molar-refractivity contribution in [2.75, 3.05) is 0 Å². The maximum atomic E-state index is 12.6. The predicted octanol–water partition coefficient (Wildman–Crippen LogP) is 2.31. The third kappa shape index (κ3) is 2.37. The third-order valence-electron chi connectivity index (χ3n) is 1.77. The number of rotatable bonds is 3. The molecule has 1 N–H and O–H groups in total. The molecular weight excluding hydrogens is 294 g/mol. The Bertz CT molecular complexity index is 328. The van der Waals surface area contributed by atoms with Gasteiger partial charge in [-0.3, -0.25) is 4.79 Å². The van der Waals surface area contributed by atoms with Crippen molar-refractivity contribution in [3.8, 4) is 0 Å². The predicted molar refractivity (Wildman–Crippen MR) is 33.0 cm³/mol. The van der Waals surface area contributed by atoms with Crippen LogP contribution < -0.4 is 0 Å². The number of aliphatic hydroxyl groups is 1. The van der Waals surface area contributed by atoms with Gasteiger partial charge in [0.05, 0.1) is 0 Å². The van der Waals surface area contributed by atoms with E-state index in [1.807, 2.05) is 0 Å². The summed E-state index contributed by atoms with van der Waals surface area (Å²) >= 11 is 0. The average molecular weight is 296 g/mol. The molecule has 12 heteroatoms. The highest BCUT2D eigenvalue weighted by Gasteiger charge is 2.80. The first kappa shape index (κ1) is 16.9. The number of halogens is 10. The zero-order valence-electron chi connectivity index (χ0n) is 7.71. The van der Waals surface area contributed by atoms with Gasteiger partial charge >= 0.3 is 24.1 Å². The van der Waals surface area contributed by atoms with E-state index in [1.165, 1.54) is 0 Å². The molecule has 0 heterocycles. The Morgan fingerprint density at radius 3 is 1.39 bits per heavy atom. The monoisotopic (exact) mass is 296 g/mol. The van der Waals surface area contributed by atoms with Gasteiger partial charge in [-0.2, -0.15) is 35.1 Å². The van der Waals surface area contributed by atoms with Gasteiger partial charge in [0.15, 0.2) is 0 Å². The van der Waals surface area contributed by atoms with E-state index < -0.39 is 36.1 Å². The fourth-order valence-corrected chi connectivity index (χ4v) is 0.790. The Kier molecular flexibility index (Phi) is 3.99. The summed E-state index contributed by atoms with van der Waals surface area (Å²) in [6.07, 6.45) is -18.7. The molecule has 0 saturated heterocycles. The first-order valence-corrected chi connectivity index (χ1v) is 3.66. The minimum absolute atomic E-state index is 4.42. The van der Waals surface area contributed by atoms with Gasteiger partial charge in [-0.25, -0.2) is 8.78 Å². The molecule has 0 saturated carbocycles. The first-order chi connectivity index (χ1) is 7.60. The molecule has 0 bridgehead atoms. The summed E-state index contributed by atoms with van der Waals surface area (Å²) in [6.45, 7) is 0. The smallest absolute Gasteiger partial charge is 0.371 e. The summed E-state index contributed by atoms with van der Waals surface area (Å²) in [5.41, 5.74) is -6.42. The minimum Gasteiger partial charge on any atom is -0.371 e. The van der Waals surface area contributed by atoms with Crippen molar-refractivity contribution in [2.45, 2.75) is 30.3 Å². The summed E-state index contributed by atoms with van der Waals surface area (Å²) in [5, 5.41) is 8.14. The summed E-state index contributed by atoms with van der Waals surface area (Å²) in [7, 11) is 0. The maximum Gasteiger partial charge on any atom is 0.456 e. The van der Waals surface area contributed by atoms with Crippen molar-refractivity contribution in [1.82, 2.24) is 0 Å². The van der Waals surface area contributed by atoms with Crippen LogP contribution in [0, 0.1) is 0 Å². The molecule has 0 aromatic heterocycles. The van der Waals surface area contributed by atoms with Crippen LogP contribution in [0.25, 0.3) is 0 Å². The van der Waals surface area contributed by atoms with E-state index >= 15 is 0 Å². The standard InChI is InChI=1S/C6H2F10O2/c7-2(8)3(18,6(14,15)16)4(9,10)1(17)5(11,12)13/h2,18H. The van der Waals surface area contributed by atoms with Crippen LogP contribution in [-0.2, 0) is 4.79 Å². The van der Waals surface area contributed by atoms with E-state index in [2.05, 4.69) is 0 Å². The highest BCUT2D eigenvalue weighted by atomic mass is 19.4. The minimum atomic E-state index is -6.86. The second-order valence-electron chi connectivity index (χ2n) is 2.97. The van der Waals surface area contributed by atoms with Crippen LogP contribution in [0.4, 0.5) is 43.9 Å². The molecular formula is C6H2F10O2. The van der Waals surface area contributed by atoms with Crippen molar-refractivity contribution in [1.29, 1.82) is 0 Å². The van der Waals surface area contributed by atoms with Gasteiger partial charge in [0.25, 0.3) is 12.0 Å². The van der Waals surface area contributed by atoms with Gasteiger partial charge in [0, 0.05) is 0 Å².